The highest BCUT2D eigenvalue weighted by Gasteiger charge is 2.28. The van der Waals surface area contributed by atoms with Gasteiger partial charge in [0.2, 0.25) is 11.8 Å². The molecule has 1 N–H and O–H groups in total. The third kappa shape index (κ3) is 8.76. The number of unbranched alkanes of at least 4 members (excludes halogenated alkanes) is 1. The van der Waals surface area contributed by atoms with E-state index >= 15 is 0 Å². The molecule has 0 radical (unpaired) electrons. The van der Waals surface area contributed by atoms with Crippen LogP contribution < -0.4 is 5.32 Å². The minimum absolute atomic E-state index is 0.0334. The van der Waals surface area contributed by atoms with Gasteiger partial charge in [0, 0.05) is 40.2 Å². The van der Waals surface area contributed by atoms with Gasteiger partial charge in [-0.25, -0.2) is 0 Å². The number of rotatable bonds is 12. The lowest BCUT2D eigenvalue weighted by atomic mass is 10.1. The highest BCUT2D eigenvalue weighted by atomic mass is 35.5. The van der Waals surface area contributed by atoms with Gasteiger partial charge in [-0.2, -0.15) is 0 Å². The molecule has 0 aliphatic carbocycles. The van der Waals surface area contributed by atoms with Crippen LogP contribution in [0.15, 0.2) is 53.4 Å². The largest absolute Gasteiger partial charge is 0.354 e. The number of hydrogen-bond donors (Lipinski definition) is 1. The van der Waals surface area contributed by atoms with E-state index in [9.17, 15) is 9.59 Å². The SMILES string of the molecule is CCCCNC(=O)[C@@H](CC)N(Cc1ccc(Cl)cc1)C(=O)CCSc1ccc(Cl)cc1. The Balaban J connectivity index is 2.08. The predicted molar refractivity (Wildman–Crippen MR) is 131 cm³/mol. The smallest absolute Gasteiger partial charge is 0.242 e. The zero-order chi connectivity index (χ0) is 22.6. The number of amides is 2. The monoisotopic (exact) mass is 480 g/mol. The van der Waals surface area contributed by atoms with Gasteiger partial charge in [-0.3, -0.25) is 9.59 Å². The molecule has 0 heterocycles. The molecule has 2 aromatic rings. The molecule has 0 aliphatic heterocycles. The van der Waals surface area contributed by atoms with Crippen LogP contribution in [-0.2, 0) is 16.1 Å². The first-order valence-corrected chi connectivity index (χ1v) is 12.4. The van der Waals surface area contributed by atoms with Crippen LogP contribution in [0.4, 0.5) is 0 Å². The zero-order valence-electron chi connectivity index (χ0n) is 18.1. The van der Waals surface area contributed by atoms with Crippen LogP contribution in [0.3, 0.4) is 0 Å². The summed E-state index contributed by atoms with van der Waals surface area (Å²) in [4.78, 5) is 28.8. The van der Waals surface area contributed by atoms with E-state index in [-0.39, 0.29) is 11.8 Å². The molecule has 0 saturated heterocycles. The molecular formula is C24H30Cl2N2O2S. The number of hydrogen-bond acceptors (Lipinski definition) is 3. The maximum atomic E-state index is 13.2. The van der Waals surface area contributed by atoms with Crippen molar-refractivity contribution in [2.24, 2.45) is 0 Å². The summed E-state index contributed by atoms with van der Waals surface area (Å²) in [5.74, 6) is 0.503. The summed E-state index contributed by atoms with van der Waals surface area (Å²) in [5.41, 5.74) is 0.947. The van der Waals surface area contributed by atoms with E-state index in [0.717, 1.165) is 23.3 Å². The maximum absolute atomic E-state index is 13.2. The highest BCUT2D eigenvalue weighted by Crippen LogP contribution is 2.22. The summed E-state index contributed by atoms with van der Waals surface area (Å²) in [7, 11) is 0. The molecule has 0 bridgehead atoms. The Hall–Kier alpha value is -1.69. The minimum Gasteiger partial charge on any atom is -0.354 e. The van der Waals surface area contributed by atoms with Crippen molar-refractivity contribution < 1.29 is 9.59 Å². The summed E-state index contributed by atoms with van der Waals surface area (Å²) in [6.07, 6.45) is 2.83. The lowest BCUT2D eigenvalue weighted by Gasteiger charge is -2.30. The summed E-state index contributed by atoms with van der Waals surface area (Å²) >= 11 is 13.5. The molecule has 4 nitrogen and oxygen atoms in total. The second kappa shape index (κ2) is 13.7. The summed E-state index contributed by atoms with van der Waals surface area (Å²) < 4.78 is 0. The third-order valence-electron chi connectivity index (χ3n) is 4.88. The van der Waals surface area contributed by atoms with Crippen LogP contribution in [0.25, 0.3) is 0 Å². The van der Waals surface area contributed by atoms with Gasteiger partial charge in [-0.15, -0.1) is 11.8 Å². The van der Waals surface area contributed by atoms with Crippen molar-refractivity contribution in [3.8, 4) is 0 Å². The Kier molecular flexibility index (Phi) is 11.3. The number of carbonyl (C=O) groups excluding carboxylic acids is 2. The van der Waals surface area contributed by atoms with Gasteiger partial charge >= 0.3 is 0 Å². The molecule has 0 aliphatic rings. The molecule has 1 atom stereocenters. The van der Waals surface area contributed by atoms with Gasteiger partial charge < -0.3 is 10.2 Å². The molecule has 0 aromatic heterocycles. The summed E-state index contributed by atoms with van der Waals surface area (Å²) in [6, 6.07) is 14.5. The van der Waals surface area contributed by atoms with Gasteiger partial charge in [0.15, 0.2) is 0 Å². The number of carbonyl (C=O) groups is 2. The Bertz CT molecular complexity index is 828. The molecule has 0 unspecified atom stereocenters. The Morgan fingerprint density at radius 2 is 1.61 bits per heavy atom. The Morgan fingerprint density at radius 3 is 2.19 bits per heavy atom. The van der Waals surface area contributed by atoms with Crippen LogP contribution in [-0.4, -0.2) is 35.1 Å². The van der Waals surface area contributed by atoms with E-state index in [4.69, 9.17) is 23.2 Å². The number of thioether (sulfide) groups is 1. The van der Waals surface area contributed by atoms with E-state index in [1.165, 1.54) is 0 Å². The fraction of sp³-hybridized carbons (Fsp3) is 0.417. The first kappa shape index (κ1) is 25.6. The van der Waals surface area contributed by atoms with Crippen molar-refractivity contribution in [1.82, 2.24) is 10.2 Å². The molecule has 0 spiro atoms. The van der Waals surface area contributed by atoms with Crippen LogP contribution in [0.5, 0.6) is 0 Å². The lowest BCUT2D eigenvalue weighted by molar-refractivity contribution is -0.141. The van der Waals surface area contributed by atoms with Gasteiger partial charge in [0.1, 0.15) is 6.04 Å². The van der Waals surface area contributed by atoms with Crippen molar-refractivity contribution in [1.29, 1.82) is 0 Å². The van der Waals surface area contributed by atoms with Crippen molar-refractivity contribution in [3.63, 3.8) is 0 Å². The van der Waals surface area contributed by atoms with Crippen LogP contribution in [0, 0.1) is 0 Å². The molecular weight excluding hydrogens is 451 g/mol. The highest BCUT2D eigenvalue weighted by molar-refractivity contribution is 7.99. The molecule has 168 valence electrons. The van der Waals surface area contributed by atoms with Gasteiger partial charge in [0.05, 0.1) is 0 Å². The van der Waals surface area contributed by atoms with E-state index < -0.39 is 6.04 Å². The van der Waals surface area contributed by atoms with E-state index in [1.807, 2.05) is 43.3 Å². The van der Waals surface area contributed by atoms with Crippen molar-refractivity contribution in [2.45, 2.75) is 57.0 Å². The molecule has 31 heavy (non-hydrogen) atoms. The third-order valence-corrected chi connectivity index (χ3v) is 6.40. The number of nitrogens with one attached hydrogen (secondary N) is 1. The maximum Gasteiger partial charge on any atom is 0.242 e. The quantitative estimate of drug-likeness (QED) is 0.290. The second-order valence-electron chi connectivity index (χ2n) is 7.27. The first-order chi connectivity index (χ1) is 14.9. The van der Waals surface area contributed by atoms with Gasteiger partial charge in [0.25, 0.3) is 0 Å². The second-order valence-corrected chi connectivity index (χ2v) is 9.31. The molecule has 0 fully saturated rings. The lowest BCUT2D eigenvalue weighted by Crippen LogP contribution is -2.49. The molecule has 0 saturated carbocycles. The summed E-state index contributed by atoms with van der Waals surface area (Å²) in [6.45, 7) is 5.02. The molecule has 2 amide bonds. The predicted octanol–water partition coefficient (Wildman–Crippen LogP) is 6.20. The minimum atomic E-state index is -0.499. The molecule has 7 heteroatoms. The van der Waals surface area contributed by atoms with Crippen LogP contribution >= 0.6 is 35.0 Å². The van der Waals surface area contributed by atoms with Crippen LogP contribution in [0.2, 0.25) is 10.0 Å². The van der Waals surface area contributed by atoms with Gasteiger partial charge in [-0.1, -0.05) is 55.6 Å². The van der Waals surface area contributed by atoms with Crippen molar-refractivity contribution in [2.75, 3.05) is 12.3 Å². The average Bonchev–Trinajstić information content (AvgIpc) is 2.76. The topological polar surface area (TPSA) is 49.4 Å². The fourth-order valence-corrected chi connectivity index (χ4v) is 4.24. The molecule has 2 aromatic carbocycles. The van der Waals surface area contributed by atoms with Crippen molar-refractivity contribution in [3.05, 3.63) is 64.1 Å². The zero-order valence-corrected chi connectivity index (χ0v) is 20.4. The van der Waals surface area contributed by atoms with Gasteiger partial charge in [-0.05, 0) is 54.8 Å². The number of benzene rings is 2. The standard InChI is InChI=1S/C24H30Cl2N2O2S/c1-3-5-15-27-24(30)22(4-2)28(17-18-6-8-19(25)9-7-18)23(29)14-16-31-21-12-10-20(26)11-13-21/h6-13,22H,3-5,14-17H2,1-2H3,(H,27,30)/t22-/m1/s1. The van der Waals surface area contributed by atoms with Crippen LogP contribution in [0.1, 0.15) is 45.1 Å². The first-order valence-electron chi connectivity index (χ1n) is 10.6. The molecule has 2 rings (SSSR count). The van der Waals surface area contributed by atoms with E-state index in [2.05, 4.69) is 12.2 Å². The number of halogens is 2. The summed E-state index contributed by atoms with van der Waals surface area (Å²) in [5, 5.41) is 4.31. The van der Waals surface area contributed by atoms with E-state index in [1.54, 1.807) is 28.8 Å². The Morgan fingerprint density at radius 1 is 1.00 bits per heavy atom. The average molecular weight is 481 g/mol. The fourth-order valence-electron chi connectivity index (χ4n) is 3.14. The van der Waals surface area contributed by atoms with E-state index in [0.29, 0.717) is 41.7 Å². The Labute approximate surface area is 199 Å². The van der Waals surface area contributed by atoms with Crippen molar-refractivity contribution >= 4 is 46.8 Å². The normalized spacial score (nSPS) is 11.7. The number of nitrogens with zero attached hydrogens (tertiary/aromatic N) is 1.